The van der Waals surface area contributed by atoms with Crippen LogP contribution in [0.1, 0.15) is 56.9 Å². The lowest BCUT2D eigenvalue weighted by atomic mass is 10.0. The van der Waals surface area contributed by atoms with E-state index in [-0.39, 0.29) is 18.0 Å². The van der Waals surface area contributed by atoms with E-state index in [0.717, 1.165) is 18.7 Å². The van der Waals surface area contributed by atoms with Gasteiger partial charge in [-0.1, -0.05) is 0 Å². The molecule has 0 radical (unpaired) electrons. The Bertz CT molecular complexity index is 607. The Labute approximate surface area is 123 Å². The van der Waals surface area contributed by atoms with E-state index in [1.54, 1.807) is 0 Å². The number of terminal acetylenes is 1. The van der Waals surface area contributed by atoms with Crippen molar-refractivity contribution >= 4 is 5.91 Å². The highest BCUT2D eigenvalue weighted by molar-refractivity contribution is 5.76. The summed E-state index contributed by atoms with van der Waals surface area (Å²) < 4.78 is 1.87. The SMILES string of the molecule is C#CCCC1(CCC(=O)NC2CC(C)n3ncnc32)N=N1. The second-order valence-corrected chi connectivity index (χ2v) is 5.65. The third-order valence-electron chi connectivity index (χ3n) is 4.05. The molecule has 7 heteroatoms. The molecule has 2 atom stereocenters. The number of carbonyl (C=O) groups excluding carboxylic acids is 1. The summed E-state index contributed by atoms with van der Waals surface area (Å²) >= 11 is 0. The molecule has 1 aromatic heterocycles. The van der Waals surface area contributed by atoms with Crippen molar-refractivity contribution in [3.05, 3.63) is 12.2 Å². The summed E-state index contributed by atoms with van der Waals surface area (Å²) in [5.74, 6) is 3.42. The Balaban J connectivity index is 1.49. The van der Waals surface area contributed by atoms with E-state index in [1.807, 2.05) is 4.68 Å². The van der Waals surface area contributed by atoms with Gasteiger partial charge in [0.05, 0.1) is 12.1 Å². The number of fused-ring (bicyclic) bond motifs is 1. The topological polar surface area (TPSA) is 84.5 Å². The van der Waals surface area contributed by atoms with Crippen LogP contribution in [0.25, 0.3) is 0 Å². The summed E-state index contributed by atoms with van der Waals surface area (Å²) in [4.78, 5) is 16.3. The molecule has 1 aromatic rings. The molecule has 21 heavy (non-hydrogen) atoms. The van der Waals surface area contributed by atoms with Crippen LogP contribution in [0.2, 0.25) is 0 Å². The van der Waals surface area contributed by atoms with Gasteiger partial charge in [-0.3, -0.25) is 4.79 Å². The number of nitrogens with one attached hydrogen (secondary N) is 1. The van der Waals surface area contributed by atoms with Crippen LogP contribution in [0.5, 0.6) is 0 Å². The maximum absolute atomic E-state index is 12.1. The number of rotatable bonds is 6. The van der Waals surface area contributed by atoms with Crippen molar-refractivity contribution in [2.75, 3.05) is 0 Å². The van der Waals surface area contributed by atoms with Gasteiger partial charge in [0.15, 0.2) is 5.66 Å². The zero-order valence-corrected chi connectivity index (χ0v) is 12.0. The lowest BCUT2D eigenvalue weighted by Gasteiger charge is -2.13. The highest BCUT2D eigenvalue weighted by atomic mass is 16.1. The van der Waals surface area contributed by atoms with Crippen LogP contribution >= 0.6 is 0 Å². The van der Waals surface area contributed by atoms with Crippen molar-refractivity contribution < 1.29 is 4.79 Å². The number of hydrogen-bond acceptors (Lipinski definition) is 5. The predicted octanol–water partition coefficient (Wildman–Crippen LogP) is 1.76. The summed E-state index contributed by atoms with van der Waals surface area (Å²) in [5, 5.41) is 15.3. The zero-order chi connectivity index (χ0) is 14.9. The number of nitrogens with zero attached hydrogens (tertiary/aromatic N) is 5. The molecule has 3 rings (SSSR count). The number of amides is 1. The van der Waals surface area contributed by atoms with E-state index >= 15 is 0 Å². The highest BCUT2D eigenvalue weighted by Crippen LogP contribution is 2.38. The summed E-state index contributed by atoms with van der Waals surface area (Å²) in [6.45, 7) is 2.07. The minimum atomic E-state index is -0.396. The highest BCUT2D eigenvalue weighted by Gasteiger charge is 2.39. The lowest BCUT2D eigenvalue weighted by molar-refractivity contribution is -0.122. The minimum absolute atomic E-state index is 0.000956. The van der Waals surface area contributed by atoms with Crippen LogP contribution in [0.4, 0.5) is 0 Å². The first-order valence-corrected chi connectivity index (χ1v) is 7.20. The quantitative estimate of drug-likeness (QED) is 0.808. The first-order valence-electron chi connectivity index (χ1n) is 7.20. The molecule has 0 aliphatic carbocycles. The first-order chi connectivity index (χ1) is 10.1. The average Bonchev–Trinajstić information content (AvgIpc) is 2.94. The van der Waals surface area contributed by atoms with Crippen molar-refractivity contribution in [3.63, 3.8) is 0 Å². The minimum Gasteiger partial charge on any atom is -0.346 e. The largest absolute Gasteiger partial charge is 0.346 e. The Morgan fingerprint density at radius 2 is 2.38 bits per heavy atom. The molecule has 110 valence electrons. The molecular formula is C14H18N6O. The van der Waals surface area contributed by atoms with E-state index in [4.69, 9.17) is 6.42 Å². The van der Waals surface area contributed by atoms with Gasteiger partial charge in [-0.15, -0.1) is 12.3 Å². The second-order valence-electron chi connectivity index (χ2n) is 5.65. The molecule has 0 bridgehead atoms. The van der Waals surface area contributed by atoms with Gasteiger partial charge in [0.1, 0.15) is 12.2 Å². The third-order valence-corrected chi connectivity index (χ3v) is 4.05. The van der Waals surface area contributed by atoms with Crippen molar-refractivity contribution in [2.45, 2.75) is 56.8 Å². The molecule has 2 unspecified atom stereocenters. The van der Waals surface area contributed by atoms with E-state index in [2.05, 4.69) is 38.5 Å². The molecule has 0 saturated heterocycles. The molecule has 2 aliphatic rings. The molecule has 0 fully saturated rings. The standard InChI is InChI=1S/C14H18N6O/c1-3-4-6-14(18-19-14)7-5-12(21)17-11-8-10(2)20-13(11)15-9-16-20/h1,9-11H,4-8H2,2H3,(H,17,21). The summed E-state index contributed by atoms with van der Waals surface area (Å²) in [5.41, 5.74) is -0.396. The number of aromatic nitrogens is 3. The number of carbonyl (C=O) groups is 1. The summed E-state index contributed by atoms with van der Waals surface area (Å²) in [7, 11) is 0. The van der Waals surface area contributed by atoms with E-state index in [1.165, 1.54) is 6.33 Å². The second kappa shape index (κ2) is 5.28. The van der Waals surface area contributed by atoms with Crippen molar-refractivity contribution in [3.8, 4) is 12.3 Å². The van der Waals surface area contributed by atoms with Gasteiger partial charge < -0.3 is 5.32 Å². The monoisotopic (exact) mass is 286 g/mol. The molecule has 3 heterocycles. The van der Waals surface area contributed by atoms with Crippen LogP contribution in [0, 0.1) is 12.3 Å². The molecule has 0 aromatic carbocycles. The van der Waals surface area contributed by atoms with E-state index in [9.17, 15) is 4.79 Å². The molecule has 1 amide bonds. The summed E-state index contributed by atoms with van der Waals surface area (Å²) in [6, 6.07) is 0.216. The fourth-order valence-electron chi connectivity index (χ4n) is 2.77. The van der Waals surface area contributed by atoms with Crippen LogP contribution in [0.15, 0.2) is 16.6 Å². The van der Waals surface area contributed by atoms with Gasteiger partial charge >= 0.3 is 0 Å². The Morgan fingerprint density at radius 3 is 3.10 bits per heavy atom. The predicted molar refractivity (Wildman–Crippen MR) is 75.1 cm³/mol. The summed E-state index contributed by atoms with van der Waals surface area (Å²) in [6.07, 6.45) is 9.99. The fourth-order valence-corrected chi connectivity index (χ4v) is 2.77. The maximum Gasteiger partial charge on any atom is 0.220 e. The fraction of sp³-hybridized carbons (Fsp3) is 0.643. The van der Waals surface area contributed by atoms with Crippen molar-refractivity contribution in [1.29, 1.82) is 0 Å². The van der Waals surface area contributed by atoms with Crippen LogP contribution in [0.3, 0.4) is 0 Å². The molecule has 0 spiro atoms. The molecule has 0 saturated carbocycles. The normalized spacial score (nSPS) is 24.4. The average molecular weight is 286 g/mol. The molecular weight excluding hydrogens is 268 g/mol. The number of hydrogen-bond donors (Lipinski definition) is 1. The van der Waals surface area contributed by atoms with Gasteiger partial charge in [-0.05, 0) is 13.3 Å². The van der Waals surface area contributed by atoms with Crippen molar-refractivity contribution in [2.24, 2.45) is 10.2 Å². The maximum atomic E-state index is 12.1. The smallest absolute Gasteiger partial charge is 0.220 e. The molecule has 7 nitrogen and oxygen atoms in total. The molecule has 1 N–H and O–H groups in total. The van der Waals surface area contributed by atoms with Crippen LogP contribution < -0.4 is 5.32 Å². The van der Waals surface area contributed by atoms with Gasteiger partial charge in [0.2, 0.25) is 5.91 Å². The lowest BCUT2D eigenvalue weighted by Crippen LogP contribution is -2.28. The van der Waals surface area contributed by atoms with Gasteiger partial charge in [-0.25, -0.2) is 9.67 Å². The Hall–Kier alpha value is -2.23. The molecule has 2 aliphatic heterocycles. The van der Waals surface area contributed by atoms with E-state index in [0.29, 0.717) is 19.3 Å². The zero-order valence-electron chi connectivity index (χ0n) is 12.0. The van der Waals surface area contributed by atoms with E-state index < -0.39 is 5.66 Å². The van der Waals surface area contributed by atoms with Crippen LogP contribution in [-0.4, -0.2) is 26.3 Å². The van der Waals surface area contributed by atoms with Gasteiger partial charge in [0, 0.05) is 25.7 Å². The Morgan fingerprint density at radius 1 is 1.57 bits per heavy atom. The van der Waals surface area contributed by atoms with Crippen molar-refractivity contribution in [1.82, 2.24) is 20.1 Å². The first kappa shape index (κ1) is 13.7. The van der Waals surface area contributed by atoms with Gasteiger partial charge in [-0.2, -0.15) is 15.3 Å². The van der Waals surface area contributed by atoms with Crippen LogP contribution in [-0.2, 0) is 4.79 Å². The Kier molecular flexibility index (Phi) is 3.45. The third kappa shape index (κ3) is 2.79. The van der Waals surface area contributed by atoms with Gasteiger partial charge in [0.25, 0.3) is 0 Å².